The Labute approximate surface area is 187 Å². The fraction of sp³-hybridized carbons (Fsp3) is 1.00. The van der Waals surface area contributed by atoms with Gasteiger partial charge >= 0.3 is 0 Å². The molecule has 0 spiro atoms. The first-order chi connectivity index (χ1) is 15.5. The summed E-state index contributed by atoms with van der Waals surface area (Å²) >= 11 is 0. The van der Waals surface area contributed by atoms with Gasteiger partial charge in [-0.25, -0.2) is 0 Å². The first kappa shape index (κ1) is 27.0. The molecule has 3 rings (SSSR count). The van der Waals surface area contributed by atoms with E-state index >= 15 is 0 Å². The third-order valence-corrected chi connectivity index (χ3v) is 6.06. The fourth-order valence-corrected chi connectivity index (χ4v) is 3.97. The fourth-order valence-electron chi connectivity index (χ4n) is 3.97. The molecule has 15 atom stereocenters. The molecule has 0 aromatic rings. The van der Waals surface area contributed by atoms with Gasteiger partial charge in [-0.05, 0) is 6.92 Å². The quantitative estimate of drug-likeness (QED) is 0.167. The van der Waals surface area contributed by atoms with E-state index in [0.717, 1.165) is 0 Å². The van der Waals surface area contributed by atoms with E-state index in [1.807, 2.05) is 0 Å². The van der Waals surface area contributed by atoms with Crippen LogP contribution in [-0.2, 0) is 23.7 Å². The molecular weight excluding hydrogens is 456 g/mol. The van der Waals surface area contributed by atoms with E-state index in [4.69, 9.17) is 23.7 Å². The highest BCUT2D eigenvalue weighted by molar-refractivity contribution is 4.95. The van der Waals surface area contributed by atoms with E-state index in [0.29, 0.717) is 0 Å². The Morgan fingerprint density at radius 2 is 0.970 bits per heavy atom. The molecule has 0 radical (unpaired) electrons. The van der Waals surface area contributed by atoms with Crippen LogP contribution in [0, 0.1) is 0 Å². The van der Waals surface area contributed by atoms with Crippen molar-refractivity contribution in [2.75, 3.05) is 13.2 Å². The molecule has 0 unspecified atom stereocenters. The highest BCUT2D eigenvalue weighted by Gasteiger charge is 2.53. The summed E-state index contributed by atoms with van der Waals surface area (Å²) in [5, 5.41) is 99.9. The molecule has 15 heteroatoms. The minimum absolute atomic E-state index is 0.731. The summed E-state index contributed by atoms with van der Waals surface area (Å²) in [7, 11) is 0. The Bertz CT molecular complexity index is 622. The second kappa shape index (κ2) is 11.0. The molecule has 0 aliphatic carbocycles. The number of aliphatic hydroxyl groups is 10. The number of rotatable bonds is 6. The molecule has 10 N–H and O–H groups in total. The van der Waals surface area contributed by atoms with Crippen molar-refractivity contribution in [3.8, 4) is 0 Å². The molecule has 3 saturated heterocycles. The number of hydrogen-bond donors (Lipinski definition) is 10. The molecule has 0 saturated carbocycles. The third-order valence-electron chi connectivity index (χ3n) is 6.06. The van der Waals surface area contributed by atoms with Gasteiger partial charge in [-0.3, -0.25) is 0 Å². The Morgan fingerprint density at radius 3 is 1.39 bits per heavy atom. The Balaban J connectivity index is 1.80. The van der Waals surface area contributed by atoms with Crippen LogP contribution >= 0.6 is 0 Å². The highest BCUT2D eigenvalue weighted by Crippen LogP contribution is 2.32. The lowest BCUT2D eigenvalue weighted by Crippen LogP contribution is -2.66. The molecule has 15 nitrogen and oxygen atoms in total. The zero-order chi connectivity index (χ0) is 24.6. The van der Waals surface area contributed by atoms with E-state index < -0.39 is 105 Å². The van der Waals surface area contributed by atoms with Gasteiger partial charge in [0, 0.05) is 0 Å². The van der Waals surface area contributed by atoms with Gasteiger partial charge in [-0.1, -0.05) is 0 Å². The largest absolute Gasteiger partial charge is 0.394 e. The summed E-state index contributed by atoms with van der Waals surface area (Å²) in [4.78, 5) is 0. The number of aliphatic hydroxyl groups excluding tert-OH is 10. The molecule has 194 valence electrons. The SMILES string of the molecule is C[C@@H]1O[C@@H](O)[C@H](O[C@H]2O[C@H](CO)[C@H](O)[C@H](O)[C@H]2O)[C@H](O[C@@H]2O[C@H](CO)[C@H](O)[C@H](O)[C@H]2O)[C@H]1O. The lowest BCUT2D eigenvalue weighted by Gasteiger charge is -2.48. The normalized spacial score (nSPS) is 53.7. The van der Waals surface area contributed by atoms with E-state index in [1.165, 1.54) is 6.92 Å². The lowest BCUT2D eigenvalue weighted by molar-refractivity contribution is -0.385. The highest BCUT2D eigenvalue weighted by atomic mass is 16.8. The average molecular weight is 488 g/mol. The van der Waals surface area contributed by atoms with Crippen molar-refractivity contribution < 1.29 is 74.7 Å². The summed E-state index contributed by atoms with van der Waals surface area (Å²) in [6.07, 6.45) is -24.1. The van der Waals surface area contributed by atoms with Gasteiger partial charge in [0.05, 0.1) is 19.3 Å². The zero-order valence-electron chi connectivity index (χ0n) is 17.6. The van der Waals surface area contributed by atoms with E-state index in [-0.39, 0.29) is 0 Å². The molecule has 3 heterocycles. The van der Waals surface area contributed by atoms with Crippen LogP contribution in [0.5, 0.6) is 0 Å². The maximum atomic E-state index is 10.6. The zero-order valence-corrected chi connectivity index (χ0v) is 17.6. The Kier molecular flexibility index (Phi) is 8.99. The van der Waals surface area contributed by atoms with Crippen LogP contribution in [-0.4, -0.2) is 156 Å². The van der Waals surface area contributed by atoms with Crippen molar-refractivity contribution in [2.45, 2.75) is 99.0 Å². The van der Waals surface area contributed by atoms with Crippen molar-refractivity contribution in [1.82, 2.24) is 0 Å². The first-order valence-electron chi connectivity index (χ1n) is 10.4. The second-order valence-electron chi connectivity index (χ2n) is 8.32. The molecule has 0 bridgehead atoms. The molecule has 0 amide bonds. The van der Waals surface area contributed by atoms with E-state index in [2.05, 4.69) is 0 Å². The van der Waals surface area contributed by atoms with Crippen molar-refractivity contribution in [3.63, 3.8) is 0 Å². The van der Waals surface area contributed by atoms with Crippen molar-refractivity contribution in [2.24, 2.45) is 0 Å². The first-order valence-corrected chi connectivity index (χ1v) is 10.4. The predicted molar refractivity (Wildman–Crippen MR) is 99.8 cm³/mol. The van der Waals surface area contributed by atoms with Gasteiger partial charge in [-0.2, -0.15) is 0 Å². The van der Waals surface area contributed by atoms with Gasteiger partial charge in [0.1, 0.15) is 67.1 Å². The Morgan fingerprint density at radius 1 is 0.545 bits per heavy atom. The minimum Gasteiger partial charge on any atom is -0.394 e. The maximum Gasteiger partial charge on any atom is 0.187 e. The summed E-state index contributed by atoms with van der Waals surface area (Å²) in [5.41, 5.74) is 0. The van der Waals surface area contributed by atoms with Crippen LogP contribution in [0.25, 0.3) is 0 Å². The molecule has 0 aromatic heterocycles. The number of ether oxygens (including phenoxy) is 5. The smallest absolute Gasteiger partial charge is 0.187 e. The van der Waals surface area contributed by atoms with Crippen LogP contribution in [0.1, 0.15) is 6.92 Å². The molecule has 3 aliphatic heterocycles. The summed E-state index contributed by atoms with van der Waals surface area (Å²) < 4.78 is 26.8. The maximum absolute atomic E-state index is 10.6. The van der Waals surface area contributed by atoms with Crippen LogP contribution in [0.3, 0.4) is 0 Å². The number of hydrogen-bond acceptors (Lipinski definition) is 15. The molecular formula is C18H32O15. The van der Waals surface area contributed by atoms with Crippen molar-refractivity contribution >= 4 is 0 Å². The molecule has 3 aliphatic rings. The molecule has 0 aromatic carbocycles. The van der Waals surface area contributed by atoms with Crippen LogP contribution in [0.4, 0.5) is 0 Å². The van der Waals surface area contributed by atoms with Crippen LogP contribution in [0.15, 0.2) is 0 Å². The second-order valence-corrected chi connectivity index (χ2v) is 8.32. The predicted octanol–water partition coefficient (Wildman–Crippen LogP) is -6.55. The summed E-state index contributed by atoms with van der Waals surface area (Å²) in [6.45, 7) is -0.0778. The van der Waals surface area contributed by atoms with E-state index in [1.54, 1.807) is 0 Å². The monoisotopic (exact) mass is 488 g/mol. The topological polar surface area (TPSA) is 248 Å². The van der Waals surface area contributed by atoms with Gasteiger partial charge < -0.3 is 74.7 Å². The lowest BCUT2D eigenvalue weighted by atomic mass is 9.96. The van der Waals surface area contributed by atoms with Crippen molar-refractivity contribution in [1.29, 1.82) is 0 Å². The van der Waals surface area contributed by atoms with Crippen LogP contribution < -0.4 is 0 Å². The van der Waals surface area contributed by atoms with Crippen molar-refractivity contribution in [3.05, 3.63) is 0 Å². The van der Waals surface area contributed by atoms with Gasteiger partial charge in [0.2, 0.25) is 0 Å². The molecule has 33 heavy (non-hydrogen) atoms. The third kappa shape index (κ3) is 5.32. The standard InChI is InChI=1S/C18H32O15/c1-4-7(21)14(32-17-12(26)10(24)8(22)5(2-19)30-17)15(16(28)29-4)33-18-13(27)11(25)9(23)6(3-20)31-18/h4-28H,2-3H2,1H3/t4-,5+,6+,7-,8-,9-,10-,11-,12+,13+,14+,15+,16+,17-,18+/m0/s1. The van der Waals surface area contributed by atoms with Gasteiger partial charge in [-0.15, -0.1) is 0 Å². The minimum atomic E-state index is -1.83. The van der Waals surface area contributed by atoms with E-state index in [9.17, 15) is 51.1 Å². The summed E-state index contributed by atoms with van der Waals surface area (Å²) in [5.74, 6) is 0. The Hall–Kier alpha value is -0.600. The average Bonchev–Trinajstić information content (AvgIpc) is 2.79. The van der Waals surface area contributed by atoms with Crippen LogP contribution in [0.2, 0.25) is 0 Å². The van der Waals surface area contributed by atoms with Gasteiger partial charge in [0.25, 0.3) is 0 Å². The summed E-state index contributed by atoms with van der Waals surface area (Å²) in [6, 6.07) is 0. The van der Waals surface area contributed by atoms with Gasteiger partial charge in [0.15, 0.2) is 18.9 Å². The molecule has 3 fully saturated rings.